The third-order valence-corrected chi connectivity index (χ3v) is 2.57. The van der Waals surface area contributed by atoms with Crippen LogP contribution in [0.15, 0.2) is 24.3 Å². The van der Waals surface area contributed by atoms with Gasteiger partial charge in [-0.15, -0.1) is 6.42 Å². The second-order valence-electron chi connectivity index (χ2n) is 3.66. The number of ether oxygens (including phenoxy) is 1. The summed E-state index contributed by atoms with van der Waals surface area (Å²) in [7, 11) is 1.38. The smallest absolute Gasteiger partial charge is 0.338 e. The van der Waals surface area contributed by atoms with Crippen LogP contribution in [0.4, 0.5) is 0 Å². The number of hydrogen-bond donors (Lipinski definition) is 1. The molecule has 0 amide bonds. The van der Waals surface area contributed by atoms with Crippen molar-refractivity contribution in [2.24, 2.45) is 0 Å². The first-order valence-corrected chi connectivity index (χ1v) is 5.58. The highest BCUT2D eigenvalue weighted by molar-refractivity contribution is 5.90. The third kappa shape index (κ3) is 3.61. The summed E-state index contributed by atoms with van der Waals surface area (Å²) in [6, 6.07) is 7.37. The zero-order valence-electron chi connectivity index (χ0n) is 10.2. The Morgan fingerprint density at radius 3 is 2.82 bits per heavy atom. The monoisotopic (exact) mass is 231 g/mol. The Kier molecular flexibility index (Phi) is 5.25. The fourth-order valence-electron chi connectivity index (χ4n) is 1.54. The van der Waals surface area contributed by atoms with Gasteiger partial charge in [0.05, 0.1) is 18.7 Å². The van der Waals surface area contributed by atoms with E-state index in [4.69, 9.17) is 11.2 Å². The highest BCUT2D eigenvalue weighted by Gasteiger charge is 2.11. The molecule has 1 rings (SSSR count). The standard InChI is InChI=1S/C14H17NO2/c1-4-12(5-2)15-10-11-8-6-7-9-13(11)14(16)17-3/h1,6-9,12,15H,5,10H2,2-3H3. The Morgan fingerprint density at radius 2 is 2.24 bits per heavy atom. The quantitative estimate of drug-likeness (QED) is 0.622. The predicted molar refractivity (Wildman–Crippen MR) is 67.5 cm³/mol. The molecule has 0 radical (unpaired) electrons. The van der Waals surface area contributed by atoms with Gasteiger partial charge in [-0.25, -0.2) is 4.79 Å². The van der Waals surface area contributed by atoms with Gasteiger partial charge in [0.2, 0.25) is 0 Å². The topological polar surface area (TPSA) is 38.3 Å². The molecule has 0 bridgehead atoms. The average Bonchev–Trinajstić information content (AvgIpc) is 2.39. The van der Waals surface area contributed by atoms with Gasteiger partial charge in [-0.2, -0.15) is 0 Å². The highest BCUT2D eigenvalue weighted by Crippen LogP contribution is 2.10. The minimum Gasteiger partial charge on any atom is -0.465 e. The van der Waals surface area contributed by atoms with Crippen LogP contribution < -0.4 is 5.32 Å². The van der Waals surface area contributed by atoms with Gasteiger partial charge in [-0.1, -0.05) is 31.0 Å². The van der Waals surface area contributed by atoms with E-state index in [0.29, 0.717) is 12.1 Å². The molecule has 0 spiro atoms. The molecule has 0 saturated heterocycles. The maximum Gasteiger partial charge on any atom is 0.338 e. The van der Waals surface area contributed by atoms with Crippen LogP contribution in [0.5, 0.6) is 0 Å². The van der Waals surface area contributed by atoms with Crippen molar-refractivity contribution in [1.82, 2.24) is 5.32 Å². The lowest BCUT2D eigenvalue weighted by Crippen LogP contribution is -2.27. The summed E-state index contributed by atoms with van der Waals surface area (Å²) in [5.41, 5.74) is 1.47. The summed E-state index contributed by atoms with van der Waals surface area (Å²) in [5.74, 6) is 2.33. The maximum atomic E-state index is 11.5. The lowest BCUT2D eigenvalue weighted by atomic mass is 10.1. The minimum absolute atomic E-state index is 0.0284. The van der Waals surface area contributed by atoms with Gasteiger partial charge >= 0.3 is 5.97 Å². The maximum absolute atomic E-state index is 11.5. The molecule has 1 unspecified atom stereocenters. The molecule has 0 aliphatic rings. The number of rotatable bonds is 5. The first-order valence-electron chi connectivity index (χ1n) is 5.58. The van der Waals surface area contributed by atoms with E-state index in [1.54, 1.807) is 6.07 Å². The lowest BCUT2D eigenvalue weighted by molar-refractivity contribution is 0.0599. The van der Waals surface area contributed by atoms with E-state index in [-0.39, 0.29) is 12.0 Å². The van der Waals surface area contributed by atoms with Crippen LogP contribution >= 0.6 is 0 Å². The predicted octanol–water partition coefficient (Wildman–Crippen LogP) is 1.97. The minimum atomic E-state index is -0.323. The van der Waals surface area contributed by atoms with Gasteiger partial charge in [0.15, 0.2) is 0 Å². The molecule has 90 valence electrons. The SMILES string of the molecule is C#CC(CC)NCc1ccccc1C(=O)OC. The Morgan fingerprint density at radius 1 is 1.53 bits per heavy atom. The number of methoxy groups -OCH3 is 1. The number of hydrogen-bond acceptors (Lipinski definition) is 3. The van der Waals surface area contributed by atoms with E-state index in [0.717, 1.165) is 12.0 Å². The molecule has 0 saturated carbocycles. The molecule has 3 heteroatoms. The second-order valence-corrected chi connectivity index (χ2v) is 3.66. The fraction of sp³-hybridized carbons (Fsp3) is 0.357. The van der Waals surface area contributed by atoms with E-state index in [2.05, 4.69) is 11.2 Å². The number of carbonyl (C=O) groups is 1. The second kappa shape index (κ2) is 6.72. The van der Waals surface area contributed by atoms with Crippen LogP contribution in [0.2, 0.25) is 0 Å². The fourth-order valence-corrected chi connectivity index (χ4v) is 1.54. The molecule has 0 heterocycles. The first kappa shape index (κ1) is 13.3. The summed E-state index contributed by atoms with van der Waals surface area (Å²) in [6.45, 7) is 2.58. The van der Waals surface area contributed by atoms with Crippen molar-refractivity contribution < 1.29 is 9.53 Å². The molecular weight excluding hydrogens is 214 g/mol. The van der Waals surface area contributed by atoms with E-state index in [9.17, 15) is 4.79 Å². The zero-order chi connectivity index (χ0) is 12.7. The summed E-state index contributed by atoms with van der Waals surface area (Å²) in [5, 5.41) is 3.21. The molecule has 1 aromatic rings. The zero-order valence-corrected chi connectivity index (χ0v) is 10.2. The molecule has 0 aliphatic heterocycles. The first-order chi connectivity index (χ1) is 8.22. The van der Waals surface area contributed by atoms with Crippen molar-refractivity contribution in [3.8, 4) is 12.3 Å². The number of esters is 1. The van der Waals surface area contributed by atoms with Crippen molar-refractivity contribution in [3.05, 3.63) is 35.4 Å². The molecule has 17 heavy (non-hydrogen) atoms. The summed E-state index contributed by atoms with van der Waals surface area (Å²) < 4.78 is 4.73. The number of nitrogens with one attached hydrogen (secondary N) is 1. The molecule has 1 aromatic carbocycles. The highest BCUT2D eigenvalue weighted by atomic mass is 16.5. The van der Waals surface area contributed by atoms with Crippen LogP contribution in [0.3, 0.4) is 0 Å². The molecule has 0 fully saturated rings. The normalized spacial score (nSPS) is 11.6. The van der Waals surface area contributed by atoms with E-state index >= 15 is 0 Å². The molecular formula is C14H17NO2. The Balaban J connectivity index is 2.77. The van der Waals surface area contributed by atoms with Gasteiger partial charge in [-0.05, 0) is 18.1 Å². The summed E-state index contributed by atoms with van der Waals surface area (Å²) in [6.07, 6.45) is 6.23. The number of benzene rings is 1. The van der Waals surface area contributed by atoms with Gasteiger partial charge < -0.3 is 4.74 Å². The van der Waals surface area contributed by atoms with Crippen LogP contribution in [-0.4, -0.2) is 19.1 Å². The van der Waals surface area contributed by atoms with E-state index in [1.165, 1.54) is 7.11 Å². The molecule has 0 aromatic heterocycles. The number of carbonyl (C=O) groups excluding carboxylic acids is 1. The molecule has 1 atom stereocenters. The van der Waals surface area contributed by atoms with Crippen LogP contribution in [-0.2, 0) is 11.3 Å². The van der Waals surface area contributed by atoms with Crippen molar-refractivity contribution in [3.63, 3.8) is 0 Å². The average molecular weight is 231 g/mol. The van der Waals surface area contributed by atoms with E-state index in [1.807, 2.05) is 25.1 Å². The third-order valence-electron chi connectivity index (χ3n) is 2.57. The molecule has 1 N–H and O–H groups in total. The Labute approximate surface area is 102 Å². The van der Waals surface area contributed by atoms with Crippen molar-refractivity contribution in [2.75, 3.05) is 7.11 Å². The van der Waals surface area contributed by atoms with Gasteiger partial charge in [0.1, 0.15) is 0 Å². The van der Waals surface area contributed by atoms with Gasteiger partial charge in [-0.3, -0.25) is 5.32 Å². The van der Waals surface area contributed by atoms with Gasteiger partial charge in [0, 0.05) is 6.54 Å². The van der Waals surface area contributed by atoms with E-state index < -0.39 is 0 Å². The molecule has 3 nitrogen and oxygen atoms in total. The Hall–Kier alpha value is -1.79. The molecule has 0 aliphatic carbocycles. The van der Waals surface area contributed by atoms with Crippen LogP contribution in [0, 0.1) is 12.3 Å². The number of terminal acetylenes is 1. The lowest BCUT2D eigenvalue weighted by Gasteiger charge is -2.12. The van der Waals surface area contributed by atoms with Crippen molar-refractivity contribution >= 4 is 5.97 Å². The van der Waals surface area contributed by atoms with Crippen LogP contribution in [0.1, 0.15) is 29.3 Å². The van der Waals surface area contributed by atoms with Crippen molar-refractivity contribution in [1.29, 1.82) is 0 Å². The Bertz CT molecular complexity index is 420. The van der Waals surface area contributed by atoms with Crippen LogP contribution in [0.25, 0.3) is 0 Å². The summed E-state index contributed by atoms with van der Waals surface area (Å²) in [4.78, 5) is 11.5. The van der Waals surface area contributed by atoms with Crippen molar-refractivity contribution in [2.45, 2.75) is 25.9 Å². The van der Waals surface area contributed by atoms with Gasteiger partial charge in [0.25, 0.3) is 0 Å². The summed E-state index contributed by atoms with van der Waals surface area (Å²) >= 11 is 0. The largest absolute Gasteiger partial charge is 0.465 e.